The van der Waals surface area contributed by atoms with Gasteiger partial charge in [0, 0.05) is 4.47 Å². The fourth-order valence-corrected chi connectivity index (χ4v) is 4.05. The SMILES string of the molecule is CN1CCC(C(=N)NC(=O)c2cc(Br)ccc2OCC(=O)O)(c2ccccc2)CC1. The Kier molecular flexibility index (Phi) is 6.89. The lowest BCUT2D eigenvalue weighted by atomic mass is 9.71. The molecule has 0 atom stereocenters. The number of likely N-dealkylation sites (tertiary alicyclic amines) is 1. The molecule has 3 N–H and O–H groups in total. The number of amidine groups is 1. The lowest BCUT2D eigenvalue weighted by Gasteiger charge is -2.41. The van der Waals surface area contributed by atoms with Crippen molar-refractivity contribution in [2.24, 2.45) is 0 Å². The number of rotatable bonds is 6. The van der Waals surface area contributed by atoms with Crippen molar-refractivity contribution in [2.75, 3.05) is 26.7 Å². The normalized spacial score (nSPS) is 15.9. The highest BCUT2D eigenvalue weighted by Crippen LogP contribution is 2.36. The van der Waals surface area contributed by atoms with Gasteiger partial charge in [0.15, 0.2) is 6.61 Å². The van der Waals surface area contributed by atoms with E-state index in [-0.39, 0.29) is 17.1 Å². The Bertz CT molecular complexity index is 941. The molecule has 0 bridgehead atoms. The molecular weight excluding hydrogens is 450 g/mol. The van der Waals surface area contributed by atoms with Gasteiger partial charge in [-0.15, -0.1) is 0 Å². The molecule has 1 aliphatic rings. The Morgan fingerprint density at radius 3 is 2.50 bits per heavy atom. The average Bonchev–Trinajstić information content (AvgIpc) is 2.74. The highest BCUT2D eigenvalue weighted by Gasteiger charge is 2.40. The van der Waals surface area contributed by atoms with Gasteiger partial charge in [-0.3, -0.25) is 10.2 Å². The standard InChI is InChI=1S/C22H24BrN3O4/c1-26-11-9-22(10-12-26,15-5-3-2-4-6-15)21(24)25-20(29)17-13-16(23)7-8-18(17)30-14-19(27)28/h2-8,13H,9-12,14H2,1H3,(H,27,28)(H2,24,25,29). The van der Waals surface area contributed by atoms with Crippen molar-refractivity contribution < 1.29 is 19.4 Å². The predicted octanol–water partition coefficient (Wildman–Crippen LogP) is 3.28. The van der Waals surface area contributed by atoms with Gasteiger partial charge in [-0.2, -0.15) is 0 Å². The van der Waals surface area contributed by atoms with E-state index in [0.717, 1.165) is 18.7 Å². The summed E-state index contributed by atoms with van der Waals surface area (Å²) in [6.45, 7) is 1.08. The maximum atomic E-state index is 13.0. The van der Waals surface area contributed by atoms with Crippen LogP contribution in [0.1, 0.15) is 28.8 Å². The molecule has 1 fully saturated rings. The van der Waals surface area contributed by atoms with E-state index in [1.54, 1.807) is 12.1 Å². The zero-order valence-electron chi connectivity index (χ0n) is 16.7. The minimum atomic E-state index is -1.13. The van der Waals surface area contributed by atoms with Gasteiger partial charge in [0.05, 0.1) is 11.0 Å². The molecule has 1 aliphatic heterocycles. The summed E-state index contributed by atoms with van der Waals surface area (Å²) in [4.78, 5) is 26.1. The minimum Gasteiger partial charge on any atom is -0.481 e. The molecule has 0 aromatic heterocycles. The molecule has 30 heavy (non-hydrogen) atoms. The number of nitrogens with one attached hydrogen (secondary N) is 2. The van der Waals surface area contributed by atoms with Crippen LogP contribution in [0.15, 0.2) is 53.0 Å². The maximum Gasteiger partial charge on any atom is 0.341 e. The summed E-state index contributed by atoms with van der Waals surface area (Å²) in [5.41, 5.74) is 0.587. The third-order valence-corrected chi connectivity index (χ3v) is 5.91. The number of aliphatic carboxylic acids is 1. The number of hydrogen-bond acceptors (Lipinski definition) is 5. The van der Waals surface area contributed by atoms with Crippen LogP contribution in [0, 0.1) is 5.41 Å². The number of carbonyl (C=O) groups is 2. The first-order chi connectivity index (χ1) is 14.3. The van der Waals surface area contributed by atoms with E-state index < -0.39 is 23.9 Å². The molecule has 2 aromatic carbocycles. The molecule has 1 heterocycles. The van der Waals surface area contributed by atoms with E-state index in [4.69, 9.17) is 15.3 Å². The molecule has 0 saturated carbocycles. The number of carboxylic acids is 1. The smallest absolute Gasteiger partial charge is 0.341 e. The highest BCUT2D eigenvalue weighted by atomic mass is 79.9. The van der Waals surface area contributed by atoms with Crippen molar-refractivity contribution in [3.8, 4) is 5.75 Å². The topological polar surface area (TPSA) is 103 Å². The maximum absolute atomic E-state index is 13.0. The number of halogens is 1. The quantitative estimate of drug-likeness (QED) is 0.441. The number of nitrogens with zero attached hydrogens (tertiary/aromatic N) is 1. The lowest BCUT2D eigenvalue weighted by molar-refractivity contribution is -0.139. The van der Waals surface area contributed by atoms with Crippen molar-refractivity contribution in [3.63, 3.8) is 0 Å². The second-order valence-electron chi connectivity index (χ2n) is 7.40. The van der Waals surface area contributed by atoms with E-state index in [1.807, 2.05) is 37.4 Å². The van der Waals surface area contributed by atoms with Crippen LogP contribution in [0.2, 0.25) is 0 Å². The van der Waals surface area contributed by atoms with Crippen LogP contribution in [-0.4, -0.2) is 54.5 Å². The summed E-state index contributed by atoms with van der Waals surface area (Å²) in [5.74, 6) is -1.35. The summed E-state index contributed by atoms with van der Waals surface area (Å²) in [6, 6.07) is 14.6. The Balaban J connectivity index is 1.87. The molecule has 0 aliphatic carbocycles. The second-order valence-corrected chi connectivity index (χ2v) is 8.32. The van der Waals surface area contributed by atoms with Crippen molar-refractivity contribution in [1.29, 1.82) is 5.41 Å². The van der Waals surface area contributed by atoms with Gasteiger partial charge < -0.3 is 20.1 Å². The molecule has 1 amide bonds. The molecule has 7 nitrogen and oxygen atoms in total. The number of benzene rings is 2. The number of carboxylic acid groups (broad SMARTS) is 1. The molecule has 0 unspecified atom stereocenters. The molecular formula is C22H24BrN3O4. The first-order valence-corrected chi connectivity index (χ1v) is 10.4. The molecule has 8 heteroatoms. The number of ether oxygens (including phenoxy) is 1. The third kappa shape index (κ3) is 4.88. The molecule has 1 saturated heterocycles. The lowest BCUT2D eigenvalue weighted by Crippen LogP contribution is -2.52. The fraction of sp³-hybridized carbons (Fsp3) is 0.318. The van der Waals surface area contributed by atoms with Gasteiger partial charge in [0.25, 0.3) is 5.91 Å². The first-order valence-electron chi connectivity index (χ1n) is 9.60. The number of amides is 1. The van der Waals surface area contributed by atoms with Crippen LogP contribution in [0.25, 0.3) is 0 Å². The van der Waals surface area contributed by atoms with Gasteiger partial charge in [-0.1, -0.05) is 46.3 Å². The molecule has 0 radical (unpaired) electrons. The number of carbonyl (C=O) groups excluding carboxylic acids is 1. The summed E-state index contributed by atoms with van der Waals surface area (Å²) in [6.07, 6.45) is 1.43. The van der Waals surface area contributed by atoms with Gasteiger partial charge in [-0.25, -0.2) is 4.79 Å². The zero-order chi connectivity index (χ0) is 21.7. The predicted molar refractivity (Wildman–Crippen MR) is 117 cm³/mol. The van der Waals surface area contributed by atoms with Crippen molar-refractivity contribution >= 4 is 33.6 Å². The molecule has 3 rings (SSSR count). The Morgan fingerprint density at radius 2 is 1.87 bits per heavy atom. The van der Waals surface area contributed by atoms with Crippen LogP contribution >= 0.6 is 15.9 Å². The van der Waals surface area contributed by atoms with Crippen LogP contribution in [0.5, 0.6) is 5.75 Å². The highest BCUT2D eigenvalue weighted by molar-refractivity contribution is 9.10. The Morgan fingerprint density at radius 1 is 1.20 bits per heavy atom. The van der Waals surface area contributed by atoms with Gasteiger partial charge >= 0.3 is 5.97 Å². The van der Waals surface area contributed by atoms with E-state index >= 15 is 0 Å². The number of piperidine rings is 1. The summed E-state index contributed by atoms with van der Waals surface area (Å²) in [5, 5.41) is 20.4. The Hall–Kier alpha value is -2.71. The van der Waals surface area contributed by atoms with Crippen molar-refractivity contribution in [2.45, 2.75) is 18.3 Å². The fourth-order valence-electron chi connectivity index (χ4n) is 3.69. The van der Waals surface area contributed by atoms with E-state index in [9.17, 15) is 9.59 Å². The zero-order valence-corrected chi connectivity index (χ0v) is 18.2. The molecule has 0 spiro atoms. The summed E-state index contributed by atoms with van der Waals surface area (Å²) >= 11 is 3.33. The van der Waals surface area contributed by atoms with Crippen molar-refractivity contribution in [1.82, 2.24) is 10.2 Å². The summed E-state index contributed by atoms with van der Waals surface area (Å²) < 4.78 is 5.92. The molecule has 158 valence electrons. The number of hydrogen-bond donors (Lipinski definition) is 3. The monoisotopic (exact) mass is 473 g/mol. The third-order valence-electron chi connectivity index (χ3n) is 5.42. The first kappa shape index (κ1) is 22.0. The average molecular weight is 474 g/mol. The van der Waals surface area contributed by atoms with Gasteiger partial charge in [0.2, 0.25) is 0 Å². The van der Waals surface area contributed by atoms with Crippen LogP contribution in [-0.2, 0) is 10.2 Å². The minimum absolute atomic E-state index is 0.135. The van der Waals surface area contributed by atoms with E-state index in [0.29, 0.717) is 17.3 Å². The van der Waals surface area contributed by atoms with Crippen molar-refractivity contribution in [3.05, 3.63) is 64.1 Å². The van der Waals surface area contributed by atoms with E-state index in [1.165, 1.54) is 6.07 Å². The van der Waals surface area contributed by atoms with E-state index in [2.05, 4.69) is 26.1 Å². The van der Waals surface area contributed by atoms with Crippen LogP contribution in [0.4, 0.5) is 0 Å². The van der Waals surface area contributed by atoms with Crippen LogP contribution in [0.3, 0.4) is 0 Å². The summed E-state index contributed by atoms with van der Waals surface area (Å²) in [7, 11) is 2.05. The molecule has 2 aromatic rings. The Labute approximate surface area is 183 Å². The van der Waals surface area contributed by atoms with Gasteiger partial charge in [-0.05, 0) is 56.7 Å². The largest absolute Gasteiger partial charge is 0.481 e. The van der Waals surface area contributed by atoms with Gasteiger partial charge in [0.1, 0.15) is 11.6 Å². The van der Waals surface area contributed by atoms with Crippen LogP contribution < -0.4 is 10.1 Å². The second kappa shape index (κ2) is 9.40.